The van der Waals surface area contributed by atoms with E-state index in [1.807, 2.05) is 12.1 Å². The van der Waals surface area contributed by atoms with Crippen molar-refractivity contribution in [3.05, 3.63) is 23.9 Å². The minimum atomic E-state index is 0.294. The van der Waals surface area contributed by atoms with Crippen LogP contribution in [0.2, 0.25) is 0 Å². The van der Waals surface area contributed by atoms with Crippen molar-refractivity contribution in [1.82, 2.24) is 9.88 Å². The minimum absolute atomic E-state index is 0.294. The lowest BCUT2D eigenvalue weighted by Gasteiger charge is -2.15. The Labute approximate surface area is 95.2 Å². The number of likely N-dealkylation sites (tertiary alicyclic amines) is 1. The first kappa shape index (κ1) is 11.3. The molecule has 5 heteroatoms. The maximum absolute atomic E-state index is 9.07. The molecular formula is C11H18N4O. The van der Waals surface area contributed by atoms with Crippen molar-refractivity contribution < 1.29 is 5.11 Å². The SMILES string of the molecule is NNc1cc(CN2CCC(CO)C2)ccn1. The summed E-state index contributed by atoms with van der Waals surface area (Å²) in [6.07, 6.45) is 2.84. The Morgan fingerprint density at radius 3 is 3.19 bits per heavy atom. The predicted octanol–water partition coefficient (Wildman–Crippen LogP) is 0.181. The molecule has 1 aromatic heterocycles. The third-order valence-electron chi connectivity index (χ3n) is 3.01. The van der Waals surface area contributed by atoms with Crippen LogP contribution in [0.15, 0.2) is 18.3 Å². The number of hydrazine groups is 1. The van der Waals surface area contributed by atoms with Gasteiger partial charge in [-0.05, 0) is 36.6 Å². The number of aliphatic hydroxyl groups excluding tert-OH is 1. The van der Waals surface area contributed by atoms with E-state index in [1.54, 1.807) is 6.20 Å². The molecule has 1 aromatic rings. The Kier molecular flexibility index (Phi) is 3.71. The zero-order chi connectivity index (χ0) is 11.4. The third kappa shape index (κ3) is 2.69. The first-order valence-corrected chi connectivity index (χ1v) is 5.56. The van der Waals surface area contributed by atoms with E-state index < -0.39 is 0 Å². The van der Waals surface area contributed by atoms with E-state index in [1.165, 1.54) is 5.56 Å². The molecule has 4 N–H and O–H groups in total. The molecule has 0 spiro atoms. The number of nitrogen functional groups attached to an aromatic ring is 1. The van der Waals surface area contributed by atoms with Crippen molar-refractivity contribution in [1.29, 1.82) is 0 Å². The first-order valence-electron chi connectivity index (χ1n) is 5.56. The number of nitrogens with zero attached hydrogens (tertiary/aromatic N) is 2. The molecule has 88 valence electrons. The summed E-state index contributed by atoms with van der Waals surface area (Å²) in [5, 5.41) is 9.07. The van der Waals surface area contributed by atoms with Crippen LogP contribution in [-0.2, 0) is 6.54 Å². The zero-order valence-electron chi connectivity index (χ0n) is 9.26. The molecule has 1 atom stereocenters. The summed E-state index contributed by atoms with van der Waals surface area (Å²) in [4.78, 5) is 6.41. The summed E-state index contributed by atoms with van der Waals surface area (Å²) in [5.41, 5.74) is 3.74. The molecular weight excluding hydrogens is 204 g/mol. The number of hydrogen-bond donors (Lipinski definition) is 3. The maximum atomic E-state index is 9.07. The standard InChI is InChI=1S/C11H18N4O/c12-14-11-5-9(1-3-13-11)6-15-4-2-10(7-15)8-16/h1,3,5,10,16H,2,4,6-8,12H2,(H,13,14). The molecule has 16 heavy (non-hydrogen) atoms. The molecule has 2 rings (SSSR count). The van der Waals surface area contributed by atoms with E-state index >= 15 is 0 Å². The average molecular weight is 222 g/mol. The molecule has 0 aliphatic carbocycles. The molecule has 1 unspecified atom stereocenters. The van der Waals surface area contributed by atoms with Gasteiger partial charge in [-0.1, -0.05) is 0 Å². The highest BCUT2D eigenvalue weighted by atomic mass is 16.3. The van der Waals surface area contributed by atoms with Crippen molar-refractivity contribution in [3.8, 4) is 0 Å². The topological polar surface area (TPSA) is 74.4 Å². The lowest BCUT2D eigenvalue weighted by Crippen LogP contribution is -2.21. The van der Waals surface area contributed by atoms with Gasteiger partial charge in [-0.25, -0.2) is 10.8 Å². The molecule has 1 fully saturated rings. The molecule has 0 aromatic carbocycles. The number of nitrogens with two attached hydrogens (primary N) is 1. The van der Waals surface area contributed by atoms with Crippen molar-refractivity contribution in [2.24, 2.45) is 11.8 Å². The van der Waals surface area contributed by atoms with Crippen LogP contribution >= 0.6 is 0 Å². The lowest BCUT2D eigenvalue weighted by molar-refractivity contribution is 0.220. The van der Waals surface area contributed by atoms with Gasteiger partial charge in [-0.2, -0.15) is 0 Å². The summed E-state index contributed by atoms with van der Waals surface area (Å²) in [7, 11) is 0. The average Bonchev–Trinajstić information content (AvgIpc) is 2.77. The second-order valence-electron chi connectivity index (χ2n) is 4.27. The van der Waals surface area contributed by atoms with Crippen LogP contribution in [-0.4, -0.2) is 34.7 Å². The molecule has 1 aliphatic rings. The van der Waals surface area contributed by atoms with Gasteiger partial charge < -0.3 is 10.5 Å². The van der Waals surface area contributed by atoms with Crippen LogP contribution in [0, 0.1) is 5.92 Å². The fourth-order valence-corrected chi connectivity index (χ4v) is 2.12. The van der Waals surface area contributed by atoms with Crippen molar-refractivity contribution in [2.45, 2.75) is 13.0 Å². The van der Waals surface area contributed by atoms with E-state index in [2.05, 4.69) is 15.3 Å². The highest BCUT2D eigenvalue weighted by Crippen LogP contribution is 2.18. The molecule has 0 saturated carbocycles. The fraction of sp³-hybridized carbons (Fsp3) is 0.545. The number of hydrogen-bond acceptors (Lipinski definition) is 5. The largest absolute Gasteiger partial charge is 0.396 e. The third-order valence-corrected chi connectivity index (χ3v) is 3.01. The summed E-state index contributed by atoms with van der Waals surface area (Å²) < 4.78 is 0. The van der Waals surface area contributed by atoms with Gasteiger partial charge in [-0.3, -0.25) is 4.90 Å². The molecule has 0 radical (unpaired) electrons. The highest BCUT2D eigenvalue weighted by Gasteiger charge is 2.21. The second-order valence-corrected chi connectivity index (χ2v) is 4.27. The van der Waals surface area contributed by atoms with Gasteiger partial charge in [0.05, 0.1) is 0 Å². The van der Waals surface area contributed by atoms with Gasteiger partial charge in [0.25, 0.3) is 0 Å². The van der Waals surface area contributed by atoms with Gasteiger partial charge in [0.2, 0.25) is 0 Å². The van der Waals surface area contributed by atoms with Crippen LogP contribution < -0.4 is 11.3 Å². The number of anilines is 1. The number of rotatable bonds is 4. The van der Waals surface area contributed by atoms with E-state index in [4.69, 9.17) is 10.9 Å². The second kappa shape index (κ2) is 5.25. The van der Waals surface area contributed by atoms with E-state index in [-0.39, 0.29) is 0 Å². The number of nitrogens with one attached hydrogen (secondary N) is 1. The highest BCUT2D eigenvalue weighted by molar-refractivity contribution is 5.35. The first-order chi connectivity index (χ1) is 7.81. The van der Waals surface area contributed by atoms with Crippen LogP contribution in [0.4, 0.5) is 5.82 Å². The smallest absolute Gasteiger partial charge is 0.140 e. The Morgan fingerprint density at radius 1 is 1.62 bits per heavy atom. The Hall–Kier alpha value is -1.17. The van der Waals surface area contributed by atoms with Crippen molar-refractivity contribution in [2.75, 3.05) is 25.1 Å². The van der Waals surface area contributed by atoms with Gasteiger partial charge in [-0.15, -0.1) is 0 Å². The summed E-state index contributed by atoms with van der Waals surface area (Å²) in [6.45, 7) is 3.22. The van der Waals surface area contributed by atoms with Gasteiger partial charge in [0.15, 0.2) is 0 Å². The summed E-state index contributed by atoms with van der Waals surface area (Å²) in [6, 6.07) is 3.94. The predicted molar refractivity (Wildman–Crippen MR) is 62.5 cm³/mol. The van der Waals surface area contributed by atoms with E-state index in [9.17, 15) is 0 Å². The fourth-order valence-electron chi connectivity index (χ4n) is 2.12. The van der Waals surface area contributed by atoms with E-state index in [0.717, 1.165) is 26.1 Å². The van der Waals surface area contributed by atoms with Crippen LogP contribution in [0.1, 0.15) is 12.0 Å². The Bertz CT molecular complexity index is 345. The number of pyridine rings is 1. The molecule has 5 nitrogen and oxygen atoms in total. The van der Waals surface area contributed by atoms with Crippen LogP contribution in [0.25, 0.3) is 0 Å². The summed E-state index contributed by atoms with van der Waals surface area (Å²) in [5.74, 6) is 6.44. The zero-order valence-corrected chi connectivity index (χ0v) is 9.26. The van der Waals surface area contributed by atoms with Gasteiger partial charge in [0.1, 0.15) is 5.82 Å². The molecule has 2 heterocycles. The van der Waals surface area contributed by atoms with Crippen molar-refractivity contribution in [3.63, 3.8) is 0 Å². The van der Waals surface area contributed by atoms with E-state index in [0.29, 0.717) is 18.3 Å². The molecule has 1 aliphatic heterocycles. The normalized spacial score (nSPS) is 21.2. The van der Waals surface area contributed by atoms with Crippen molar-refractivity contribution >= 4 is 5.82 Å². The minimum Gasteiger partial charge on any atom is -0.396 e. The number of aliphatic hydroxyl groups is 1. The molecule has 0 amide bonds. The maximum Gasteiger partial charge on any atom is 0.140 e. The summed E-state index contributed by atoms with van der Waals surface area (Å²) >= 11 is 0. The Balaban J connectivity index is 1.94. The lowest BCUT2D eigenvalue weighted by atomic mass is 10.1. The van der Waals surface area contributed by atoms with Gasteiger partial charge in [0, 0.05) is 25.9 Å². The quantitative estimate of drug-likeness (QED) is 0.500. The number of aromatic nitrogens is 1. The van der Waals surface area contributed by atoms with Gasteiger partial charge >= 0.3 is 0 Å². The molecule has 1 saturated heterocycles. The van der Waals surface area contributed by atoms with Crippen LogP contribution in [0.3, 0.4) is 0 Å². The van der Waals surface area contributed by atoms with Crippen LogP contribution in [0.5, 0.6) is 0 Å². The Morgan fingerprint density at radius 2 is 2.50 bits per heavy atom. The monoisotopic (exact) mass is 222 g/mol. The molecule has 0 bridgehead atoms.